The van der Waals surface area contributed by atoms with Gasteiger partial charge in [-0.05, 0) is 48.0 Å². The fraction of sp³-hybridized carbons (Fsp3) is 0.462. The van der Waals surface area contributed by atoms with Crippen molar-refractivity contribution in [2.45, 2.75) is 19.4 Å². The van der Waals surface area contributed by atoms with Crippen molar-refractivity contribution in [2.24, 2.45) is 0 Å². The first-order valence-electron chi connectivity index (χ1n) is 5.87. The van der Waals surface area contributed by atoms with E-state index in [-0.39, 0.29) is 11.5 Å². The second-order valence-electron chi connectivity index (χ2n) is 5.07. The molecule has 4 nitrogen and oxygen atoms in total. The number of rotatable bonds is 1. The zero-order valence-electron chi connectivity index (χ0n) is 10.6. The Morgan fingerprint density at radius 2 is 2.22 bits per heavy atom. The summed E-state index contributed by atoms with van der Waals surface area (Å²) in [6.45, 7) is 5.77. The molecule has 1 heterocycles. The molecule has 2 rings (SSSR count). The second-order valence-corrected chi connectivity index (χ2v) is 5.93. The Morgan fingerprint density at radius 3 is 2.83 bits per heavy atom. The average Bonchev–Trinajstić information content (AvgIpc) is 2.30. The highest BCUT2D eigenvalue weighted by Crippen LogP contribution is 2.23. The number of hydrogen-bond acceptors (Lipinski definition) is 3. The SMILES string of the molecule is CC1(C)CN(C(=O)c2ccc(Br)c(N)c2)CCO1. The quantitative estimate of drug-likeness (QED) is 0.809. The summed E-state index contributed by atoms with van der Waals surface area (Å²) in [6, 6.07) is 5.29. The van der Waals surface area contributed by atoms with Crippen LogP contribution >= 0.6 is 15.9 Å². The molecule has 0 unspecified atom stereocenters. The Morgan fingerprint density at radius 1 is 1.50 bits per heavy atom. The third-order valence-corrected chi connectivity index (χ3v) is 3.68. The number of benzene rings is 1. The summed E-state index contributed by atoms with van der Waals surface area (Å²) in [5, 5.41) is 0. The minimum atomic E-state index is -0.283. The fourth-order valence-electron chi connectivity index (χ4n) is 2.05. The molecule has 1 amide bonds. The van der Waals surface area contributed by atoms with Crippen molar-refractivity contribution in [1.82, 2.24) is 4.90 Å². The molecule has 2 N–H and O–H groups in total. The van der Waals surface area contributed by atoms with Crippen molar-refractivity contribution in [3.63, 3.8) is 0 Å². The topological polar surface area (TPSA) is 55.6 Å². The first-order chi connectivity index (χ1) is 8.39. The number of carbonyl (C=O) groups is 1. The molecule has 1 aliphatic rings. The van der Waals surface area contributed by atoms with Crippen LogP contribution in [0.15, 0.2) is 22.7 Å². The van der Waals surface area contributed by atoms with Gasteiger partial charge >= 0.3 is 0 Å². The van der Waals surface area contributed by atoms with E-state index in [0.717, 1.165) is 4.47 Å². The molecule has 0 aromatic heterocycles. The summed E-state index contributed by atoms with van der Waals surface area (Å²) in [4.78, 5) is 14.2. The van der Waals surface area contributed by atoms with E-state index >= 15 is 0 Å². The average molecular weight is 313 g/mol. The maximum Gasteiger partial charge on any atom is 0.254 e. The molecule has 0 aliphatic carbocycles. The van der Waals surface area contributed by atoms with Crippen molar-refractivity contribution >= 4 is 27.5 Å². The van der Waals surface area contributed by atoms with Gasteiger partial charge in [-0.15, -0.1) is 0 Å². The van der Waals surface area contributed by atoms with Crippen molar-refractivity contribution in [1.29, 1.82) is 0 Å². The molecule has 5 heteroatoms. The van der Waals surface area contributed by atoms with E-state index in [0.29, 0.717) is 30.9 Å². The highest BCUT2D eigenvalue weighted by atomic mass is 79.9. The van der Waals surface area contributed by atoms with Crippen molar-refractivity contribution in [3.8, 4) is 0 Å². The van der Waals surface area contributed by atoms with Gasteiger partial charge in [0.1, 0.15) is 0 Å². The minimum absolute atomic E-state index is 0.00516. The number of halogens is 1. The number of ether oxygens (including phenoxy) is 1. The second kappa shape index (κ2) is 4.90. The van der Waals surface area contributed by atoms with Crippen LogP contribution in [0.4, 0.5) is 5.69 Å². The molecule has 1 aliphatic heterocycles. The van der Waals surface area contributed by atoms with E-state index in [1.165, 1.54) is 0 Å². The van der Waals surface area contributed by atoms with Gasteiger partial charge in [-0.1, -0.05) is 0 Å². The third kappa shape index (κ3) is 2.84. The maximum atomic E-state index is 12.4. The van der Waals surface area contributed by atoms with Gasteiger partial charge in [-0.2, -0.15) is 0 Å². The molecule has 0 radical (unpaired) electrons. The number of anilines is 1. The highest BCUT2D eigenvalue weighted by molar-refractivity contribution is 9.10. The molecule has 0 atom stereocenters. The minimum Gasteiger partial charge on any atom is -0.398 e. The van der Waals surface area contributed by atoms with E-state index in [9.17, 15) is 4.79 Å². The number of hydrogen-bond donors (Lipinski definition) is 1. The van der Waals surface area contributed by atoms with E-state index < -0.39 is 0 Å². The smallest absolute Gasteiger partial charge is 0.254 e. The van der Waals surface area contributed by atoms with Gasteiger partial charge < -0.3 is 15.4 Å². The number of morpholine rings is 1. The molecule has 18 heavy (non-hydrogen) atoms. The number of nitrogens with zero attached hydrogens (tertiary/aromatic N) is 1. The van der Waals surface area contributed by atoms with Gasteiger partial charge in [0, 0.05) is 28.8 Å². The molecular weight excluding hydrogens is 296 g/mol. The lowest BCUT2D eigenvalue weighted by atomic mass is 10.1. The predicted molar refractivity (Wildman–Crippen MR) is 74.5 cm³/mol. The van der Waals surface area contributed by atoms with Crippen LogP contribution in [0.25, 0.3) is 0 Å². The maximum absolute atomic E-state index is 12.4. The zero-order chi connectivity index (χ0) is 13.3. The molecular formula is C13H17BrN2O2. The first-order valence-corrected chi connectivity index (χ1v) is 6.67. The molecule has 0 spiro atoms. The standard InChI is InChI=1S/C13H17BrN2O2/c1-13(2)8-16(5-6-18-13)12(17)9-3-4-10(14)11(15)7-9/h3-4,7H,5-6,8,15H2,1-2H3. The lowest BCUT2D eigenvalue weighted by molar-refractivity contribution is -0.0764. The lowest BCUT2D eigenvalue weighted by Crippen LogP contribution is -2.50. The Labute approximate surface area is 115 Å². The molecule has 98 valence electrons. The van der Waals surface area contributed by atoms with Gasteiger partial charge in [0.25, 0.3) is 5.91 Å². The monoisotopic (exact) mass is 312 g/mol. The first kappa shape index (κ1) is 13.4. The molecule has 1 aromatic rings. The Hall–Kier alpha value is -1.07. The zero-order valence-corrected chi connectivity index (χ0v) is 12.2. The molecule has 1 fully saturated rings. The Balaban J connectivity index is 2.18. The van der Waals surface area contributed by atoms with Crippen LogP contribution in [0.5, 0.6) is 0 Å². The van der Waals surface area contributed by atoms with Crippen molar-refractivity contribution < 1.29 is 9.53 Å². The summed E-state index contributed by atoms with van der Waals surface area (Å²) in [5.74, 6) is 0.00516. The van der Waals surface area contributed by atoms with Crippen LogP contribution in [0, 0.1) is 0 Å². The molecule has 0 saturated carbocycles. The van der Waals surface area contributed by atoms with Crippen molar-refractivity contribution in [2.75, 3.05) is 25.4 Å². The number of amides is 1. The van der Waals surface area contributed by atoms with Crippen LogP contribution in [0.2, 0.25) is 0 Å². The van der Waals surface area contributed by atoms with E-state index in [1.807, 2.05) is 18.7 Å². The number of nitrogens with two attached hydrogens (primary N) is 1. The molecule has 0 bridgehead atoms. The van der Waals surface area contributed by atoms with E-state index in [1.54, 1.807) is 18.2 Å². The summed E-state index contributed by atoms with van der Waals surface area (Å²) >= 11 is 3.32. The predicted octanol–water partition coefficient (Wildman–Crippen LogP) is 2.28. The van der Waals surface area contributed by atoms with E-state index in [4.69, 9.17) is 10.5 Å². The normalized spacial score (nSPS) is 18.7. The van der Waals surface area contributed by atoms with Gasteiger partial charge in [0.05, 0.1) is 12.2 Å². The van der Waals surface area contributed by atoms with Crippen LogP contribution in [-0.4, -0.2) is 36.1 Å². The fourth-order valence-corrected chi connectivity index (χ4v) is 2.30. The summed E-state index contributed by atoms with van der Waals surface area (Å²) < 4.78 is 6.41. The van der Waals surface area contributed by atoms with Gasteiger partial charge in [0.2, 0.25) is 0 Å². The Kier molecular flexibility index (Phi) is 3.64. The van der Waals surface area contributed by atoms with Crippen molar-refractivity contribution in [3.05, 3.63) is 28.2 Å². The molecule has 1 aromatic carbocycles. The van der Waals surface area contributed by atoms with Crippen LogP contribution in [-0.2, 0) is 4.74 Å². The summed E-state index contributed by atoms with van der Waals surface area (Å²) in [6.07, 6.45) is 0. The largest absolute Gasteiger partial charge is 0.398 e. The van der Waals surface area contributed by atoms with Gasteiger partial charge in [0.15, 0.2) is 0 Å². The highest BCUT2D eigenvalue weighted by Gasteiger charge is 2.30. The van der Waals surface area contributed by atoms with Gasteiger partial charge in [-0.3, -0.25) is 4.79 Å². The van der Waals surface area contributed by atoms with Crippen LogP contribution < -0.4 is 5.73 Å². The summed E-state index contributed by atoms with van der Waals surface area (Å²) in [7, 11) is 0. The number of nitrogen functional groups attached to an aromatic ring is 1. The molecule has 1 saturated heterocycles. The lowest BCUT2D eigenvalue weighted by Gasteiger charge is -2.38. The summed E-state index contributed by atoms with van der Waals surface area (Å²) in [5.41, 5.74) is 6.71. The third-order valence-electron chi connectivity index (χ3n) is 2.96. The van der Waals surface area contributed by atoms with E-state index in [2.05, 4.69) is 15.9 Å². The Bertz CT molecular complexity index is 474. The van der Waals surface area contributed by atoms with Crippen LogP contribution in [0.3, 0.4) is 0 Å². The van der Waals surface area contributed by atoms with Crippen LogP contribution in [0.1, 0.15) is 24.2 Å². The number of carbonyl (C=O) groups excluding carboxylic acids is 1. The van der Waals surface area contributed by atoms with Gasteiger partial charge in [-0.25, -0.2) is 0 Å².